The fourth-order valence-electron chi connectivity index (χ4n) is 4.38. The van der Waals surface area contributed by atoms with Gasteiger partial charge in [-0.2, -0.15) is 0 Å². The molecule has 0 aliphatic carbocycles. The number of halogens is 2. The van der Waals surface area contributed by atoms with Gasteiger partial charge in [-0.3, -0.25) is 9.59 Å². The van der Waals surface area contributed by atoms with Crippen molar-refractivity contribution < 1.29 is 57.7 Å². The number of phosphoric ester groups is 1. The standard InChI is InChI=1S/C32H29Cl2O6P.Na/c1-21-19-27(13-15-29(21)31(35)17-7-23-3-9-25(33)10-4-23)39-41(37,38)40-28-14-16-30(22(2)20-28)32(36)18-8-24-5-11-26(34)12-6-24;/h3-6,9-16,19-20H,7-8,17-18H2,1-2H3,(H,37,38);/q;+1/p-1. The van der Waals surface area contributed by atoms with Crippen LogP contribution in [-0.2, 0) is 17.4 Å². The fraction of sp³-hybridized carbons (Fsp3) is 0.188. The molecule has 0 N–H and O–H groups in total. The normalized spacial score (nSPS) is 11.0. The van der Waals surface area contributed by atoms with E-state index in [1.807, 2.05) is 24.3 Å². The van der Waals surface area contributed by atoms with Crippen LogP contribution in [0.4, 0.5) is 0 Å². The number of ketones is 2. The molecule has 42 heavy (non-hydrogen) atoms. The van der Waals surface area contributed by atoms with Gasteiger partial charge in [-0.25, -0.2) is 4.57 Å². The van der Waals surface area contributed by atoms with Crippen LogP contribution < -0.4 is 43.5 Å². The molecule has 6 nitrogen and oxygen atoms in total. The van der Waals surface area contributed by atoms with Crippen molar-refractivity contribution in [3.8, 4) is 11.5 Å². The van der Waals surface area contributed by atoms with Gasteiger partial charge in [0.2, 0.25) is 0 Å². The van der Waals surface area contributed by atoms with Crippen molar-refractivity contribution in [2.24, 2.45) is 0 Å². The van der Waals surface area contributed by atoms with Gasteiger partial charge < -0.3 is 13.9 Å². The summed E-state index contributed by atoms with van der Waals surface area (Å²) in [6, 6.07) is 23.5. The number of benzene rings is 4. The summed E-state index contributed by atoms with van der Waals surface area (Å²) in [7, 11) is -4.81. The zero-order valence-corrected chi connectivity index (χ0v) is 28.0. The van der Waals surface area contributed by atoms with Gasteiger partial charge in [0.25, 0.3) is 0 Å². The summed E-state index contributed by atoms with van der Waals surface area (Å²) in [4.78, 5) is 38.1. The van der Waals surface area contributed by atoms with E-state index in [4.69, 9.17) is 32.2 Å². The van der Waals surface area contributed by atoms with Gasteiger partial charge in [-0.15, -0.1) is 0 Å². The minimum atomic E-state index is -4.81. The summed E-state index contributed by atoms with van der Waals surface area (Å²) in [6.45, 7) is 3.43. The van der Waals surface area contributed by atoms with Crippen LogP contribution in [0.5, 0.6) is 11.5 Å². The summed E-state index contributed by atoms with van der Waals surface area (Å²) in [5, 5.41) is 1.27. The van der Waals surface area contributed by atoms with E-state index in [0.29, 0.717) is 58.0 Å². The molecule has 0 bridgehead atoms. The topological polar surface area (TPSA) is 92.7 Å². The average Bonchev–Trinajstić information content (AvgIpc) is 2.92. The molecule has 0 saturated heterocycles. The molecule has 0 spiro atoms. The van der Waals surface area contributed by atoms with Crippen LogP contribution in [0.3, 0.4) is 0 Å². The number of carbonyl (C=O) groups excluding carboxylic acids is 2. The maximum Gasteiger partial charge on any atom is 1.00 e. The van der Waals surface area contributed by atoms with Gasteiger partial charge >= 0.3 is 37.4 Å². The van der Waals surface area contributed by atoms with Crippen LogP contribution in [0.2, 0.25) is 10.0 Å². The molecular formula is C32H28Cl2NaO6P. The summed E-state index contributed by atoms with van der Waals surface area (Å²) in [6.07, 6.45) is 1.71. The van der Waals surface area contributed by atoms with Crippen molar-refractivity contribution in [3.05, 3.63) is 128 Å². The molecule has 0 aromatic heterocycles. The second kappa shape index (κ2) is 15.4. The SMILES string of the molecule is Cc1cc(OP(=O)([O-])Oc2ccc(C(=O)CCc3ccc(Cl)cc3)c(C)c2)ccc1C(=O)CCc1ccc(Cl)cc1.[Na+]. The monoisotopic (exact) mass is 632 g/mol. The molecule has 4 rings (SSSR count). The number of aryl methyl sites for hydroxylation is 4. The molecule has 0 amide bonds. The zero-order chi connectivity index (χ0) is 29.6. The van der Waals surface area contributed by atoms with Crippen molar-refractivity contribution >= 4 is 42.6 Å². The maximum absolute atomic E-state index is 12.7. The molecule has 0 radical (unpaired) electrons. The summed E-state index contributed by atoms with van der Waals surface area (Å²) >= 11 is 11.8. The first-order valence-electron chi connectivity index (χ1n) is 13.0. The van der Waals surface area contributed by atoms with E-state index >= 15 is 0 Å². The number of Topliss-reactive ketones (excluding diaryl/α,β-unsaturated/α-hetero) is 2. The van der Waals surface area contributed by atoms with Crippen LogP contribution >= 0.6 is 31.0 Å². The Balaban J connectivity index is 0.00000484. The Kier molecular flexibility index (Phi) is 12.5. The van der Waals surface area contributed by atoms with Crippen LogP contribution in [0.25, 0.3) is 0 Å². The molecular weight excluding hydrogens is 605 g/mol. The first-order chi connectivity index (χ1) is 19.5. The molecule has 0 fully saturated rings. The van der Waals surface area contributed by atoms with Crippen molar-refractivity contribution in [1.82, 2.24) is 0 Å². The molecule has 212 valence electrons. The number of phosphoric acid groups is 1. The number of hydrogen-bond donors (Lipinski definition) is 0. The van der Waals surface area contributed by atoms with E-state index in [1.54, 1.807) is 50.2 Å². The third-order valence-electron chi connectivity index (χ3n) is 6.54. The van der Waals surface area contributed by atoms with E-state index < -0.39 is 7.82 Å². The maximum atomic E-state index is 12.7. The van der Waals surface area contributed by atoms with E-state index in [1.165, 1.54) is 24.3 Å². The van der Waals surface area contributed by atoms with Crippen molar-refractivity contribution in [3.63, 3.8) is 0 Å². The Morgan fingerprint density at radius 1 is 0.667 bits per heavy atom. The van der Waals surface area contributed by atoms with Crippen molar-refractivity contribution in [2.75, 3.05) is 0 Å². The van der Waals surface area contributed by atoms with E-state index in [2.05, 4.69) is 0 Å². The molecule has 0 heterocycles. The van der Waals surface area contributed by atoms with E-state index in [9.17, 15) is 19.0 Å². The Morgan fingerprint density at radius 3 is 1.36 bits per heavy atom. The van der Waals surface area contributed by atoms with Gasteiger partial charge in [0.05, 0.1) is 0 Å². The second-order valence-corrected chi connectivity index (χ2v) is 11.8. The largest absolute Gasteiger partial charge is 1.00 e. The Morgan fingerprint density at radius 2 is 1.02 bits per heavy atom. The van der Waals surface area contributed by atoms with Crippen LogP contribution in [0.15, 0.2) is 84.9 Å². The fourth-order valence-corrected chi connectivity index (χ4v) is 5.41. The first kappa shape index (κ1) is 34.1. The molecule has 4 aromatic rings. The molecule has 10 heteroatoms. The van der Waals surface area contributed by atoms with Crippen molar-refractivity contribution in [2.45, 2.75) is 39.5 Å². The zero-order valence-electron chi connectivity index (χ0n) is 23.6. The van der Waals surface area contributed by atoms with E-state index in [0.717, 1.165) is 11.1 Å². The Labute approximate surface area is 277 Å². The predicted molar refractivity (Wildman–Crippen MR) is 159 cm³/mol. The van der Waals surface area contributed by atoms with Gasteiger partial charge in [0.15, 0.2) is 11.6 Å². The average molecular weight is 633 g/mol. The van der Waals surface area contributed by atoms with Crippen LogP contribution in [0.1, 0.15) is 55.8 Å². The van der Waals surface area contributed by atoms with Crippen LogP contribution in [-0.4, -0.2) is 11.6 Å². The number of hydrogen-bond acceptors (Lipinski definition) is 6. The van der Waals surface area contributed by atoms with Gasteiger partial charge in [0.1, 0.15) is 11.5 Å². The Hall–Kier alpha value is -2.41. The number of rotatable bonds is 12. The summed E-state index contributed by atoms with van der Waals surface area (Å²) in [5.74, 6) is -0.0747. The third-order valence-corrected chi connectivity index (χ3v) is 7.91. The smallest absolute Gasteiger partial charge is 0.736 e. The minimum Gasteiger partial charge on any atom is -0.736 e. The molecule has 0 aliphatic heterocycles. The Bertz CT molecular complexity index is 1490. The molecule has 4 aromatic carbocycles. The molecule has 0 saturated carbocycles. The minimum absolute atomic E-state index is 0. The van der Waals surface area contributed by atoms with Crippen molar-refractivity contribution in [1.29, 1.82) is 0 Å². The second-order valence-electron chi connectivity index (χ2n) is 9.68. The predicted octanol–water partition coefficient (Wildman–Crippen LogP) is 5.17. The summed E-state index contributed by atoms with van der Waals surface area (Å²) in [5.41, 5.74) is 4.13. The summed E-state index contributed by atoms with van der Waals surface area (Å²) < 4.78 is 22.9. The number of carbonyl (C=O) groups is 2. The molecule has 0 atom stereocenters. The van der Waals surface area contributed by atoms with Gasteiger partial charge in [-0.05, 0) is 110 Å². The quantitative estimate of drug-likeness (QED) is 0.122. The van der Waals surface area contributed by atoms with Gasteiger partial charge in [-0.1, -0.05) is 47.5 Å². The molecule has 0 aliphatic rings. The van der Waals surface area contributed by atoms with Gasteiger partial charge in [0, 0.05) is 34.0 Å². The van der Waals surface area contributed by atoms with Crippen LogP contribution in [0, 0.1) is 13.8 Å². The third kappa shape index (κ3) is 9.82. The van der Waals surface area contributed by atoms with E-state index in [-0.39, 0.29) is 52.6 Å². The molecule has 0 unspecified atom stereocenters. The first-order valence-corrected chi connectivity index (χ1v) is 15.2.